The van der Waals surface area contributed by atoms with Gasteiger partial charge in [0.15, 0.2) is 0 Å². The van der Waals surface area contributed by atoms with Gasteiger partial charge in [-0.05, 0) is 60.9 Å². The molecule has 6 heteroatoms. The Labute approximate surface area is 149 Å². The van der Waals surface area contributed by atoms with Crippen molar-refractivity contribution in [2.24, 2.45) is 0 Å². The van der Waals surface area contributed by atoms with Crippen molar-refractivity contribution in [2.75, 3.05) is 0 Å². The van der Waals surface area contributed by atoms with E-state index in [9.17, 15) is 13.5 Å². The number of aromatic hydroxyl groups is 1. The first kappa shape index (κ1) is 19.3. The molecule has 0 aliphatic carbocycles. The van der Waals surface area contributed by atoms with Gasteiger partial charge in [0.05, 0.1) is 4.90 Å². The van der Waals surface area contributed by atoms with Crippen LogP contribution in [0.3, 0.4) is 0 Å². The zero-order valence-electron chi connectivity index (χ0n) is 14.3. The first-order valence-electron chi connectivity index (χ1n) is 8.47. The fourth-order valence-electron chi connectivity index (χ4n) is 2.59. The fourth-order valence-corrected chi connectivity index (χ4v) is 3.07. The summed E-state index contributed by atoms with van der Waals surface area (Å²) in [5.41, 5.74) is 0.912. The van der Waals surface area contributed by atoms with Crippen molar-refractivity contribution in [1.82, 2.24) is 0 Å². The molecular weight excluding hydrogens is 340 g/mol. The van der Waals surface area contributed by atoms with Gasteiger partial charge in [-0.15, -0.1) is 0 Å². The summed E-state index contributed by atoms with van der Waals surface area (Å²) in [7, 11) is -4.21. The van der Waals surface area contributed by atoms with Crippen LogP contribution in [0.5, 0.6) is 17.2 Å². The Morgan fingerprint density at radius 1 is 0.960 bits per heavy atom. The zero-order valence-corrected chi connectivity index (χ0v) is 15.1. The lowest BCUT2D eigenvalue weighted by Crippen LogP contribution is -1.98. The number of unbranched alkanes of at least 4 members (excludes halogenated alkanes) is 4. The van der Waals surface area contributed by atoms with E-state index < -0.39 is 10.1 Å². The van der Waals surface area contributed by atoms with Crippen molar-refractivity contribution in [3.05, 3.63) is 48.0 Å². The Morgan fingerprint density at radius 2 is 1.64 bits per heavy atom. The second-order valence-corrected chi connectivity index (χ2v) is 7.43. The number of ether oxygens (including phenoxy) is 1. The van der Waals surface area contributed by atoms with Gasteiger partial charge in [0.1, 0.15) is 17.2 Å². The molecule has 0 aliphatic heterocycles. The molecule has 0 fully saturated rings. The van der Waals surface area contributed by atoms with E-state index in [0.717, 1.165) is 24.8 Å². The maximum absolute atomic E-state index is 11.1. The number of phenolic OH excluding ortho intramolecular Hbond substituents is 1. The van der Waals surface area contributed by atoms with Crippen molar-refractivity contribution in [3.8, 4) is 17.2 Å². The monoisotopic (exact) mass is 364 g/mol. The number of benzene rings is 2. The number of aryl methyl sites for hydroxylation is 1. The normalized spacial score (nSPS) is 11.4. The van der Waals surface area contributed by atoms with Crippen LogP contribution in [0.2, 0.25) is 0 Å². The highest BCUT2D eigenvalue weighted by Crippen LogP contribution is 2.30. The van der Waals surface area contributed by atoms with Gasteiger partial charge in [-0.2, -0.15) is 8.42 Å². The molecule has 0 saturated heterocycles. The van der Waals surface area contributed by atoms with Gasteiger partial charge >= 0.3 is 0 Å². The summed E-state index contributed by atoms with van der Waals surface area (Å²) in [6, 6.07) is 10.5. The predicted molar refractivity (Wildman–Crippen MR) is 96.9 cm³/mol. The summed E-state index contributed by atoms with van der Waals surface area (Å²) in [4.78, 5) is -0.179. The molecule has 2 rings (SSSR count). The molecule has 0 aliphatic rings. The molecule has 2 aromatic rings. The zero-order chi connectivity index (χ0) is 18.3. The minimum absolute atomic E-state index is 0.179. The Hall–Kier alpha value is -2.05. The van der Waals surface area contributed by atoms with E-state index in [2.05, 4.69) is 6.92 Å². The van der Waals surface area contributed by atoms with E-state index >= 15 is 0 Å². The summed E-state index contributed by atoms with van der Waals surface area (Å²) >= 11 is 0. The van der Waals surface area contributed by atoms with Gasteiger partial charge in [-0.1, -0.05) is 32.6 Å². The molecule has 0 radical (unpaired) electrons. The fraction of sp³-hybridized carbons (Fsp3) is 0.368. The number of hydrogen-bond donors (Lipinski definition) is 2. The van der Waals surface area contributed by atoms with E-state index in [4.69, 9.17) is 9.29 Å². The summed E-state index contributed by atoms with van der Waals surface area (Å²) in [5, 5.41) is 9.72. The van der Waals surface area contributed by atoms with Crippen LogP contribution in [0.4, 0.5) is 0 Å². The quantitative estimate of drug-likeness (QED) is 0.486. The molecule has 0 amide bonds. The molecule has 2 N–H and O–H groups in total. The average molecular weight is 364 g/mol. The predicted octanol–water partition coefficient (Wildman–Crippen LogP) is 4.94. The van der Waals surface area contributed by atoms with Crippen LogP contribution < -0.4 is 4.74 Å². The average Bonchev–Trinajstić information content (AvgIpc) is 2.56. The molecule has 0 atom stereocenters. The first-order valence-corrected chi connectivity index (χ1v) is 9.91. The highest BCUT2D eigenvalue weighted by atomic mass is 32.2. The lowest BCUT2D eigenvalue weighted by molar-refractivity contribution is 0.457. The summed E-state index contributed by atoms with van der Waals surface area (Å²) < 4.78 is 37.0. The van der Waals surface area contributed by atoms with Crippen LogP contribution in [0.25, 0.3) is 0 Å². The van der Waals surface area contributed by atoms with Gasteiger partial charge in [0.2, 0.25) is 0 Å². The molecule has 25 heavy (non-hydrogen) atoms. The maximum Gasteiger partial charge on any atom is 0.294 e. The molecule has 0 heterocycles. The highest BCUT2D eigenvalue weighted by Gasteiger charge is 2.10. The van der Waals surface area contributed by atoms with Crippen LogP contribution in [0.15, 0.2) is 47.4 Å². The summed E-state index contributed by atoms with van der Waals surface area (Å²) in [6.07, 6.45) is 6.57. The van der Waals surface area contributed by atoms with Crippen LogP contribution in [0, 0.1) is 0 Å². The molecule has 0 spiro atoms. The molecule has 0 bridgehead atoms. The minimum Gasteiger partial charge on any atom is -0.508 e. The number of rotatable bonds is 9. The number of phenols is 1. The second-order valence-electron chi connectivity index (χ2n) is 6.00. The Morgan fingerprint density at radius 3 is 2.28 bits per heavy atom. The van der Waals surface area contributed by atoms with E-state index in [1.54, 1.807) is 18.2 Å². The topological polar surface area (TPSA) is 83.8 Å². The summed E-state index contributed by atoms with van der Waals surface area (Å²) in [5.74, 6) is 1.29. The SMILES string of the molecule is CCCCCCCc1cc(O)ccc1Oc1ccc(S(=O)(=O)O)cc1. The highest BCUT2D eigenvalue weighted by molar-refractivity contribution is 7.85. The Bertz CT molecular complexity index is 782. The van der Waals surface area contributed by atoms with Crippen LogP contribution in [-0.4, -0.2) is 18.1 Å². The minimum atomic E-state index is -4.21. The molecule has 136 valence electrons. The largest absolute Gasteiger partial charge is 0.508 e. The standard InChI is InChI=1S/C19H24O5S/c1-2-3-4-5-6-7-15-14-16(20)8-13-19(15)24-17-9-11-18(12-10-17)25(21,22)23/h8-14,20H,2-7H2,1H3,(H,21,22,23). The molecule has 2 aromatic carbocycles. The van der Waals surface area contributed by atoms with E-state index in [0.29, 0.717) is 11.5 Å². The van der Waals surface area contributed by atoms with E-state index in [1.807, 2.05) is 0 Å². The molecule has 0 unspecified atom stereocenters. The third kappa shape index (κ3) is 6.07. The molecule has 5 nitrogen and oxygen atoms in total. The Balaban J connectivity index is 2.08. The van der Waals surface area contributed by atoms with E-state index in [-0.39, 0.29) is 10.6 Å². The first-order chi connectivity index (χ1) is 11.9. The lowest BCUT2D eigenvalue weighted by Gasteiger charge is -2.12. The second kappa shape index (κ2) is 8.87. The third-order valence-electron chi connectivity index (χ3n) is 3.94. The number of hydrogen-bond acceptors (Lipinski definition) is 4. The molecule has 0 saturated carbocycles. The van der Waals surface area contributed by atoms with Gasteiger partial charge in [-0.25, -0.2) is 0 Å². The maximum atomic E-state index is 11.1. The van der Waals surface area contributed by atoms with Crippen molar-refractivity contribution in [3.63, 3.8) is 0 Å². The Kier molecular flexibility index (Phi) is 6.84. The molecule has 0 aromatic heterocycles. The van der Waals surface area contributed by atoms with Crippen molar-refractivity contribution < 1.29 is 22.8 Å². The van der Waals surface area contributed by atoms with Crippen molar-refractivity contribution >= 4 is 10.1 Å². The van der Waals surface area contributed by atoms with E-state index in [1.165, 1.54) is 43.5 Å². The third-order valence-corrected chi connectivity index (χ3v) is 4.81. The van der Waals surface area contributed by atoms with Gasteiger partial charge < -0.3 is 9.84 Å². The van der Waals surface area contributed by atoms with Crippen LogP contribution >= 0.6 is 0 Å². The van der Waals surface area contributed by atoms with Crippen LogP contribution in [-0.2, 0) is 16.5 Å². The van der Waals surface area contributed by atoms with Gasteiger partial charge in [0, 0.05) is 0 Å². The lowest BCUT2D eigenvalue weighted by atomic mass is 10.0. The summed E-state index contributed by atoms with van der Waals surface area (Å²) in [6.45, 7) is 2.18. The van der Waals surface area contributed by atoms with Gasteiger partial charge in [-0.3, -0.25) is 4.55 Å². The smallest absolute Gasteiger partial charge is 0.294 e. The van der Waals surface area contributed by atoms with Crippen LogP contribution in [0.1, 0.15) is 44.6 Å². The van der Waals surface area contributed by atoms with Crippen molar-refractivity contribution in [2.45, 2.75) is 50.3 Å². The van der Waals surface area contributed by atoms with Gasteiger partial charge in [0.25, 0.3) is 10.1 Å². The molecular formula is C19H24O5S. The van der Waals surface area contributed by atoms with Crippen molar-refractivity contribution in [1.29, 1.82) is 0 Å².